The van der Waals surface area contributed by atoms with Gasteiger partial charge in [0.25, 0.3) is 5.56 Å². The smallest absolute Gasteiger partial charge is 0.276 e. The number of amides is 1. The maximum atomic E-state index is 13.0. The van der Waals surface area contributed by atoms with Gasteiger partial charge in [-0.1, -0.05) is 17.7 Å². The Bertz CT molecular complexity index is 1180. The van der Waals surface area contributed by atoms with Gasteiger partial charge in [-0.3, -0.25) is 9.59 Å². The van der Waals surface area contributed by atoms with Crippen molar-refractivity contribution in [1.29, 1.82) is 0 Å². The summed E-state index contributed by atoms with van der Waals surface area (Å²) in [7, 11) is 0. The number of hydrogen-bond acceptors (Lipinski definition) is 4. The minimum absolute atomic E-state index is 0.0447. The third-order valence-corrected chi connectivity index (χ3v) is 6.64. The van der Waals surface area contributed by atoms with Crippen molar-refractivity contribution in [1.82, 2.24) is 19.1 Å². The van der Waals surface area contributed by atoms with E-state index < -0.39 is 0 Å². The van der Waals surface area contributed by atoms with Crippen LogP contribution in [0.3, 0.4) is 0 Å². The summed E-state index contributed by atoms with van der Waals surface area (Å²) in [5.41, 5.74) is 3.86. The second-order valence-electron chi connectivity index (χ2n) is 8.32. The molecule has 2 aliphatic rings. The van der Waals surface area contributed by atoms with Gasteiger partial charge in [-0.05, 0) is 43.9 Å². The van der Waals surface area contributed by atoms with Gasteiger partial charge >= 0.3 is 0 Å². The fourth-order valence-corrected chi connectivity index (χ4v) is 4.88. The third-order valence-electron chi connectivity index (χ3n) is 6.41. The molecule has 162 valence electrons. The lowest BCUT2D eigenvalue weighted by molar-refractivity contribution is -0.131. The number of carbonyl (C=O) groups is 1. The maximum absolute atomic E-state index is 13.0. The quantitative estimate of drug-likeness (QED) is 0.627. The van der Waals surface area contributed by atoms with Crippen molar-refractivity contribution in [2.24, 2.45) is 0 Å². The van der Waals surface area contributed by atoms with E-state index in [-0.39, 0.29) is 11.5 Å². The second kappa shape index (κ2) is 8.38. The summed E-state index contributed by atoms with van der Waals surface area (Å²) in [6.07, 6.45) is 7.99. The molecule has 0 radical (unpaired) electrons. The average molecular weight is 440 g/mol. The highest BCUT2D eigenvalue weighted by Gasteiger charge is 2.22. The first-order valence-electron chi connectivity index (χ1n) is 11.0. The fourth-order valence-electron chi connectivity index (χ4n) is 4.69. The van der Waals surface area contributed by atoms with Crippen molar-refractivity contribution in [3.63, 3.8) is 0 Å². The van der Waals surface area contributed by atoms with Gasteiger partial charge in [0.2, 0.25) is 5.91 Å². The van der Waals surface area contributed by atoms with E-state index in [4.69, 9.17) is 11.6 Å². The van der Waals surface area contributed by atoms with Gasteiger partial charge in [-0.2, -0.15) is 5.10 Å². The van der Waals surface area contributed by atoms with Gasteiger partial charge in [0.1, 0.15) is 5.52 Å². The molecule has 0 N–H and O–H groups in total. The number of nitrogens with zero attached hydrogens (tertiary/aromatic N) is 5. The number of anilines is 1. The lowest BCUT2D eigenvalue weighted by Gasteiger charge is -2.36. The molecular weight excluding hydrogens is 414 g/mol. The monoisotopic (exact) mass is 439 g/mol. The second-order valence-corrected chi connectivity index (χ2v) is 8.76. The van der Waals surface area contributed by atoms with E-state index in [1.165, 1.54) is 0 Å². The Morgan fingerprint density at radius 2 is 1.87 bits per heavy atom. The van der Waals surface area contributed by atoms with E-state index in [1.807, 2.05) is 35.4 Å². The summed E-state index contributed by atoms with van der Waals surface area (Å²) in [5.74, 6) is 0.0908. The van der Waals surface area contributed by atoms with E-state index in [1.54, 1.807) is 15.3 Å². The number of piperazine rings is 1. The molecule has 2 aromatic heterocycles. The molecule has 3 heterocycles. The third kappa shape index (κ3) is 3.94. The molecule has 1 aliphatic heterocycles. The van der Waals surface area contributed by atoms with Crippen LogP contribution < -0.4 is 10.5 Å². The number of aromatic nitrogens is 3. The van der Waals surface area contributed by atoms with Crippen molar-refractivity contribution in [3.05, 3.63) is 63.3 Å². The topological polar surface area (TPSA) is 62.9 Å². The highest BCUT2D eigenvalue weighted by atomic mass is 35.5. The Hall–Kier alpha value is -2.80. The van der Waals surface area contributed by atoms with Gasteiger partial charge in [-0.25, -0.2) is 4.52 Å². The predicted octanol–water partition coefficient (Wildman–Crippen LogP) is 2.77. The molecule has 3 aromatic rings. The first-order valence-corrected chi connectivity index (χ1v) is 11.4. The van der Waals surface area contributed by atoms with Crippen LogP contribution in [0.15, 0.2) is 41.5 Å². The van der Waals surface area contributed by atoms with Crippen LogP contribution >= 0.6 is 11.6 Å². The first-order chi connectivity index (χ1) is 15.1. The summed E-state index contributed by atoms with van der Waals surface area (Å²) < 4.78 is 3.37. The van der Waals surface area contributed by atoms with Gasteiger partial charge in [-0.15, -0.1) is 0 Å². The summed E-state index contributed by atoms with van der Waals surface area (Å²) in [6.45, 7) is 3.30. The molecule has 0 spiro atoms. The molecule has 8 heteroatoms. The molecule has 1 amide bonds. The summed E-state index contributed by atoms with van der Waals surface area (Å²) in [4.78, 5) is 30.0. The molecule has 5 rings (SSSR count). The van der Waals surface area contributed by atoms with Crippen LogP contribution in [0.25, 0.3) is 5.52 Å². The molecule has 1 saturated heterocycles. The summed E-state index contributed by atoms with van der Waals surface area (Å²) in [6, 6.07) is 7.81. The van der Waals surface area contributed by atoms with Crippen molar-refractivity contribution < 1.29 is 4.79 Å². The Morgan fingerprint density at radius 1 is 1.06 bits per heavy atom. The summed E-state index contributed by atoms with van der Waals surface area (Å²) >= 11 is 6.10. The minimum Gasteiger partial charge on any atom is -0.368 e. The molecule has 0 atom stereocenters. The van der Waals surface area contributed by atoms with Crippen molar-refractivity contribution in [2.75, 3.05) is 31.1 Å². The fraction of sp³-hybridized carbons (Fsp3) is 0.435. The van der Waals surface area contributed by atoms with Crippen LogP contribution in [0.2, 0.25) is 5.02 Å². The zero-order valence-corrected chi connectivity index (χ0v) is 18.2. The van der Waals surface area contributed by atoms with Gasteiger partial charge in [0.05, 0.1) is 5.69 Å². The molecule has 1 aromatic carbocycles. The van der Waals surface area contributed by atoms with Crippen LogP contribution in [0.4, 0.5) is 5.69 Å². The largest absolute Gasteiger partial charge is 0.368 e. The van der Waals surface area contributed by atoms with Crippen LogP contribution in [-0.4, -0.2) is 51.2 Å². The number of rotatable bonds is 4. The highest BCUT2D eigenvalue weighted by Crippen LogP contribution is 2.23. The van der Waals surface area contributed by atoms with Crippen molar-refractivity contribution in [2.45, 2.75) is 38.6 Å². The van der Waals surface area contributed by atoms with Gasteiger partial charge < -0.3 is 14.4 Å². The Morgan fingerprint density at radius 3 is 2.68 bits per heavy atom. The van der Waals surface area contributed by atoms with E-state index >= 15 is 0 Å². The predicted molar refractivity (Wildman–Crippen MR) is 121 cm³/mol. The minimum atomic E-state index is -0.0447. The maximum Gasteiger partial charge on any atom is 0.276 e. The molecule has 0 bridgehead atoms. The van der Waals surface area contributed by atoms with E-state index in [0.29, 0.717) is 31.6 Å². The Balaban J connectivity index is 1.22. The average Bonchev–Trinajstić information content (AvgIpc) is 3.18. The van der Waals surface area contributed by atoms with Crippen molar-refractivity contribution >= 4 is 28.7 Å². The van der Waals surface area contributed by atoms with Crippen LogP contribution in [0.1, 0.15) is 30.5 Å². The van der Waals surface area contributed by atoms with Gasteiger partial charge in [0.15, 0.2) is 0 Å². The Kier molecular flexibility index (Phi) is 5.44. The van der Waals surface area contributed by atoms with E-state index in [2.05, 4.69) is 10.00 Å². The molecule has 31 heavy (non-hydrogen) atoms. The van der Waals surface area contributed by atoms with Crippen LogP contribution in [0, 0.1) is 0 Å². The molecule has 0 unspecified atom stereocenters. The summed E-state index contributed by atoms with van der Waals surface area (Å²) in [5, 5.41) is 5.30. The van der Waals surface area contributed by atoms with Gasteiger partial charge in [0, 0.05) is 67.8 Å². The Labute approximate surface area is 185 Å². The van der Waals surface area contributed by atoms with E-state index in [9.17, 15) is 9.59 Å². The number of halogens is 1. The standard InChI is InChI=1S/C23H26ClN5O2/c24-17-4-3-5-18(16-17)26-10-12-27(13-11-26)21(30)8-9-28-14-15-29-22(23(28)31)19-6-1-2-7-20(19)25-29/h3-5,14-16H,1-2,6-13H2. The van der Waals surface area contributed by atoms with Crippen LogP contribution in [0.5, 0.6) is 0 Å². The van der Waals surface area contributed by atoms with Crippen LogP contribution in [-0.2, 0) is 24.2 Å². The number of hydrogen-bond donors (Lipinski definition) is 0. The molecule has 7 nitrogen and oxygen atoms in total. The molecule has 1 fully saturated rings. The molecule has 1 aliphatic carbocycles. The zero-order chi connectivity index (χ0) is 21.4. The molecule has 0 saturated carbocycles. The first kappa shape index (κ1) is 20.1. The number of carbonyl (C=O) groups excluding carboxylic acids is 1. The number of aryl methyl sites for hydroxylation is 3. The number of benzene rings is 1. The van der Waals surface area contributed by atoms with Crippen molar-refractivity contribution in [3.8, 4) is 0 Å². The normalized spacial score (nSPS) is 16.5. The SMILES string of the molecule is O=C(CCn1ccn2nc3c(c2c1=O)CCCC3)N1CCN(c2cccc(Cl)c2)CC1. The number of fused-ring (bicyclic) bond motifs is 3. The lowest BCUT2D eigenvalue weighted by Crippen LogP contribution is -2.49. The van der Waals surface area contributed by atoms with E-state index in [0.717, 1.165) is 60.7 Å². The highest BCUT2D eigenvalue weighted by molar-refractivity contribution is 6.30. The zero-order valence-electron chi connectivity index (χ0n) is 17.5. The lowest BCUT2D eigenvalue weighted by atomic mass is 9.97. The molecular formula is C23H26ClN5O2.